The quantitative estimate of drug-likeness (QED) is 0.611. The summed E-state index contributed by atoms with van der Waals surface area (Å²) in [6.07, 6.45) is 1.88. The van der Waals surface area contributed by atoms with Gasteiger partial charge in [0.1, 0.15) is 11.5 Å². The number of imidazole rings is 1. The molecule has 16 heavy (non-hydrogen) atoms. The minimum Gasteiger partial charge on any atom is -0.309 e. The van der Waals surface area contributed by atoms with Crippen molar-refractivity contribution in [2.24, 2.45) is 0 Å². The van der Waals surface area contributed by atoms with E-state index in [1.807, 2.05) is 29.7 Å². The Morgan fingerprint density at radius 1 is 1.31 bits per heavy atom. The highest BCUT2D eigenvalue weighted by atomic mass is 16.1. The maximum atomic E-state index is 11.7. The van der Waals surface area contributed by atoms with Crippen molar-refractivity contribution in [3.05, 3.63) is 40.1 Å². The van der Waals surface area contributed by atoms with Gasteiger partial charge in [0, 0.05) is 6.20 Å². The van der Waals surface area contributed by atoms with E-state index < -0.39 is 0 Å². The molecule has 0 radical (unpaired) electrons. The zero-order valence-corrected chi connectivity index (χ0v) is 8.98. The van der Waals surface area contributed by atoms with E-state index in [4.69, 9.17) is 0 Å². The lowest BCUT2D eigenvalue weighted by Gasteiger charge is -1.96. The highest BCUT2D eigenvalue weighted by molar-refractivity contribution is 5.75. The maximum absolute atomic E-state index is 11.7. The number of aryl methyl sites for hydroxylation is 2. The van der Waals surface area contributed by atoms with Crippen molar-refractivity contribution in [3.8, 4) is 0 Å². The van der Waals surface area contributed by atoms with Gasteiger partial charge >= 0.3 is 0 Å². The fraction of sp³-hybridized carbons (Fsp3) is 0.182. The molecule has 80 valence electrons. The fourth-order valence-corrected chi connectivity index (χ4v) is 1.80. The molecule has 3 rings (SSSR count). The smallest absolute Gasteiger partial charge is 0.279 e. The molecule has 5 nitrogen and oxygen atoms in total. The minimum absolute atomic E-state index is 0.191. The summed E-state index contributed by atoms with van der Waals surface area (Å²) in [5.74, 6) is 0.597. The SMILES string of the molecule is Cc1ccn2c(c1)nc1c(=O)[nH]c(C)nc12. The van der Waals surface area contributed by atoms with Crippen molar-refractivity contribution in [1.29, 1.82) is 0 Å². The van der Waals surface area contributed by atoms with Crippen molar-refractivity contribution >= 4 is 16.8 Å². The van der Waals surface area contributed by atoms with E-state index in [0.717, 1.165) is 11.2 Å². The van der Waals surface area contributed by atoms with Gasteiger partial charge in [-0.2, -0.15) is 0 Å². The highest BCUT2D eigenvalue weighted by Crippen LogP contribution is 2.12. The van der Waals surface area contributed by atoms with Gasteiger partial charge in [0.05, 0.1) is 0 Å². The van der Waals surface area contributed by atoms with Gasteiger partial charge in [-0.25, -0.2) is 9.97 Å². The lowest BCUT2D eigenvalue weighted by atomic mass is 10.3. The first kappa shape index (κ1) is 9.08. The number of nitrogens with one attached hydrogen (secondary N) is 1. The van der Waals surface area contributed by atoms with Crippen molar-refractivity contribution in [1.82, 2.24) is 19.4 Å². The second-order valence-electron chi connectivity index (χ2n) is 3.87. The molecule has 0 spiro atoms. The summed E-state index contributed by atoms with van der Waals surface area (Å²) in [7, 11) is 0. The zero-order chi connectivity index (χ0) is 11.3. The Hall–Kier alpha value is -2.17. The van der Waals surface area contributed by atoms with E-state index in [-0.39, 0.29) is 5.56 Å². The number of hydrogen-bond donors (Lipinski definition) is 1. The summed E-state index contributed by atoms with van der Waals surface area (Å²) in [6, 6.07) is 3.89. The van der Waals surface area contributed by atoms with Gasteiger partial charge in [0.2, 0.25) is 0 Å². The lowest BCUT2D eigenvalue weighted by molar-refractivity contribution is 1.03. The molecule has 0 amide bonds. The average molecular weight is 214 g/mol. The van der Waals surface area contributed by atoms with Crippen LogP contribution in [-0.2, 0) is 0 Å². The number of hydrogen-bond acceptors (Lipinski definition) is 3. The molecule has 3 heterocycles. The van der Waals surface area contributed by atoms with Crippen LogP contribution < -0.4 is 5.56 Å². The third-order valence-electron chi connectivity index (χ3n) is 2.54. The molecule has 0 fully saturated rings. The topological polar surface area (TPSA) is 63.1 Å². The van der Waals surface area contributed by atoms with E-state index in [1.54, 1.807) is 6.92 Å². The van der Waals surface area contributed by atoms with Crippen LogP contribution in [0.1, 0.15) is 11.4 Å². The maximum Gasteiger partial charge on any atom is 0.279 e. The Morgan fingerprint density at radius 2 is 2.12 bits per heavy atom. The summed E-state index contributed by atoms with van der Waals surface area (Å²) < 4.78 is 1.82. The molecule has 0 bridgehead atoms. The molecule has 0 saturated heterocycles. The Balaban J connectivity index is 2.61. The molecular weight excluding hydrogens is 204 g/mol. The third-order valence-corrected chi connectivity index (χ3v) is 2.54. The van der Waals surface area contributed by atoms with E-state index in [0.29, 0.717) is 17.0 Å². The first-order chi connectivity index (χ1) is 7.65. The first-order valence-electron chi connectivity index (χ1n) is 5.00. The molecule has 0 saturated carbocycles. The van der Waals surface area contributed by atoms with Crippen LogP contribution in [-0.4, -0.2) is 19.4 Å². The number of H-pyrrole nitrogens is 1. The van der Waals surface area contributed by atoms with Crippen molar-refractivity contribution in [2.45, 2.75) is 13.8 Å². The molecular formula is C11H10N4O. The molecule has 0 aliphatic heterocycles. The molecule has 0 unspecified atom stereocenters. The molecule has 5 heteroatoms. The summed E-state index contributed by atoms with van der Waals surface area (Å²) in [5, 5.41) is 0. The number of aromatic nitrogens is 4. The monoisotopic (exact) mass is 214 g/mol. The van der Waals surface area contributed by atoms with Crippen LogP contribution in [0.25, 0.3) is 16.8 Å². The Kier molecular flexibility index (Phi) is 1.65. The van der Waals surface area contributed by atoms with Crippen LogP contribution in [0, 0.1) is 13.8 Å². The minimum atomic E-state index is -0.191. The first-order valence-corrected chi connectivity index (χ1v) is 5.00. The molecule has 3 aromatic heterocycles. The number of nitrogens with zero attached hydrogens (tertiary/aromatic N) is 3. The van der Waals surface area contributed by atoms with Crippen molar-refractivity contribution in [3.63, 3.8) is 0 Å². The molecule has 0 aliphatic rings. The largest absolute Gasteiger partial charge is 0.309 e. The van der Waals surface area contributed by atoms with Gasteiger partial charge in [-0.3, -0.25) is 9.20 Å². The number of aromatic amines is 1. The predicted molar refractivity (Wildman–Crippen MR) is 60.6 cm³/mol. The zero-order valence-electron chi connectivity index (χ0n) is 8.98. The molecule has 0 atom stereocenters. The average Bonchev–Trinajstić information content (AvgIpc) is 2.56. The van der Waals surface area contributed by atoms with Crippen LogP contribution in [0.2, 0.25) is 0 Å². The van der Waals surface area contributed by atoms with Crippen LogP contribution in [0.15, 0.2) is 23.1 Å². The third kappa shape index (κ3) is 1.14. The van der Waals surface area contributed by atoms with Gasteiger partial charge in [-0.15, -0.1) is 0 Å². The Morgan fingerprint density at radius 3 is 2.94 bits per heavy atom. The highest BCUT2D eigenvalue weighted by Gasteiger charge is 2.09. The summed E-state index contributed by atoms with van der Waals surface area (Å²) in [6.45, 7) is 3.75. The van der Waals surface area contributed by atoms with Crippen LogP contribution in [0.3, 0.4) is 0 Å². The normalized spacial score (nSPS) is 11.4. The summed E-state index contributed by atoms with van der Waals surface area (Å²) in [4.78, 5) is 22.9. The lowest BCUT2D eigenvalue weighted by Crippen LogP contribution is -2.09. The van der Waals surface area contributed by atoms with Gasteiger partial charge in [-0.1, -0.05) is 0 Å². The molecule has 3 aromatic rings. The second kappa shape index (κ2) is 2.91. The molecule has 0 aromatic carbocycles. The van der Waals surface area contributed by atoms with Gasteiger partial charge in [0.15, 0.2) is 11.2 Å². The van der Waals surface area contributed by atoms with Gasteiger partial charge < -0.3 is 4.98 Å². The van der Waals surface area contributed by atoms with Crippen molar-refractivity contribution in [2.75, 3.05) is 0 Å². The fourth-order valence-electron chi connectivity index (χ4n) is 1.80. The summed E-state index contributed by atoms with van der Waals surface area (Å²) >= 11 is 0. The standard InChI is InChI=1S/C11H10N4O/c1-6-3-4-15-8(5-6)14-9-10(15)12-7(2)13-11(9)16/h3-5H,1-2H3,(H,12,13,16). The number of rotatable bonds is 0. The Labute approximate surface area is 90.8 Å². The van der Waals surface area contributed by atoms with Crippen molar-refractivity contribution < 1.29 is 0 Å². The van der Waals surface area contributed by atoms with Gasteiger partial charge in [0.25, 0.3) is 5.56 Å². The number of fused-ring (bicyclic) bond motifs is 3. The van der Waals surface area contributed by atoms with Crippen LogP contribution >= 0.6 is 0 Å². The molecule has 0 aliphatic carbocycles. The van der Waals surface area contributed by atoms with E-state index >= 15 is 0 Å². The van der Waals surface area contributed by atoms with E-state index in [2.05, 4.69) is 15.0 Å². The Bertz CT molecular complexity index is 754. The molecule has 1 N–H and O–H groups in total. The number of pyridine rings is 1. The van der Waals surface area contributed by atoms with Crippen LogP contribution in [0.5, 0.6) is 0 Å². The van der Waals surface area contributed by atoms with Crippen LogP contribution in [0.4, 0.5) is 0 Å². The van der Waals surface area contributed by atoms with E-state index in [9.17, 15) is 4.79 Å². The predicted octanol–water partition coefficient (Wildman–Crippen LogP) is 1.19. The second-order valence-corrected chi connectivity index (χ2v) is 3.87. The summed E-state index contributed by atoms with van der Waals surface area (Å²) in [5.41, 5.74) is 2.66. The van der Waals surface area contributed by atoms with E-state index in [1.165, 1.54) is 0 Å². The van der Waals surface area contributed by atoms with Gasteiger partial charge in [-0.05, 0) is 31.5 Å².